The number of nitrogens with zero attached hydrogens (tertiary/aromatic N) is 1. The number of hydrogen-bond donors (Lipinski definition) is 3. The summed E-state index contributed by atoms with van der Waals surface area (Å²) in [5.41, 5.74) is 4.58. The monoisotopic (exact) mass is 361 g/mol. The van der Waals surface area contributed by atoms with Crippen LogP contribution < -0.4 is 10.7 Å². The maximum Gasteiger partial charge on any atom is 0.275 e. The highest BCUT2D eigenvalue weighted by molar-refractivity contribution is 6.04. The summed E-state index contributed by atoms with van der Waals surface area (Å²) in [6.45, 7) is 3.18. The van der Waals surface area contributed by atoms with E-state index in [1.165, 1.54) is 6.92 Å². The lowest BCUT2D eigenvalue weighted by Gasteiger charge is -2.08. The zero-order valence-corrected chi connectivity index (χ0v) is 15.0. The lowest BCUT2D eigenvalue weighted by atomic mass is 10.1. The van der Waals surface area contributed by atoms with Gasteiger partial charge in [0.25, 0.3) is 5.91 Å². The summed E-state index contributed by atoms with van der Waals surface area (Å²) in [7, 11) is 0. The fourth-order valence-corrected chi connectivity index (χ4v) is 2.69. The van der Waals surface area contributed by atoms with Gasteiger partial charge in [0.1, 0.15) is 5.75 Å². The highest BCUT2D eigenvalue weighted by atomic mass is 16.3. The first-order chi connectivity index (χ1) is 12.9. The predicted octanol–water partition coefficient (Wildman–Crippen LogP) is 3.66. The second kappa shape index (κ2) is 7.70. The SMILES string of the molecule is CC(=O)Nc1cccc(/C(C)=N\NC(=O)c2cc3ccccc3cc2O)c1. The van der Waals surface area contributed by atoms with Gasteiger partial charge >= 0.3 is 0 Å². The maximum atomic E-state index is 12.4. The first kappa shape index (κ1) is 18.1. The molecule has 3 aromatic carbocycles. The molecule has 3 rings (SSSR count). The van der Waals surface area contributed by atoms with E-state index in [-0.39, 0.29) is 17.2 Å². The van der Waals surface area contributed by atoms with Crippen LogP contribution in [0.3, 0.4) is 0 Å². The molecule has 0 atom stereocenters. The van der Waals surface area contributed by atoms with E-state index in [9.17, 15) is 14.7 Å². The molecule has 0 heterocycles. The van der Waals surface area contributed by atoms with Gasteiger partial charge in [-0.1, -0.05) is 36.4 Å². The van der Waals surface area contributed by atoms with E-state index in [0.717, 1.165) is 16.3 Å². The molecule has 3 aromatic rings. The Morgan fingerprint density at radius 1 is 0.926 bits per heavy atom. The summed E-state index contributed by atoms with van der Waals surface area (Å²) in [6.07, 6.45) is 0. The molecule has 3 N–H and O–H groups in total. The normalized spacial score (nSPS) is 11.3. The van der Waals surface area contributed by atoms with Crippen molar-refractivity contribution >= 4 is 34.0 Å². The van der Waals surface area contributed by atoms with Crippen LogP contribution in [0.5, 0.6) is 5.75 Å². The number of carbonyl (C=O) groups excluding carboxylic acids is 2. The molecule has 27 heavy (non-hydrogen) atoms. The molecule has 0 aromatic heterocycles. The molecule has 0 fully saturated rings. The minimum absolute atomic E-state index is 0.105. The number of fused-ring (bicyclic) bond motifs is 1. The molecule has 0 aliphatic carbocycles. The molecule has 0 aliphatic heterocycles. The van der Waals surface area contributed by atoms with Gasteiger partial charge in [-0.3, -0.25) is 9.59 Å². The first-order valence-corrected chi connectivity index (χ1v) is 8.38. The number of aromatic hydroxyl groups is 1. The Morgan fingerprint density at radius 3 is 2.33 bits per heavy atom. The van der Waals surface area contributed by atoms with Crippen molar-refractivity contribution in [2.75, 3.05) is 5.32 Å². The van der Waals surface area contributed by atoms with Crippen molar-refractivity contribution in [1.29, 1.82) is 0 Å². The Labute approximate surface area is 156 Å². The number of phenolic OH excluding ortho intramolecular Hbond substituents is 1. The number of carbonyl (C=O) groups is 2. The quantitative estimate of drug-likeness (QED) is 0.489. The molecule has 136 valence electrons. The number of phenols is 1. The summed E-state index contributed by atoms with van der Waals surface area (Å²) in [4.78, 5) is 23.6. The smallest absolute Gasteiger partial charge is 0.275 e. The molecular formula is C21H19N3O3. The molecule has 0 aliphatic rings. The van der Waals surface area contributed by atoms with Crippen molar-refractivity contribution in [2.24, 2.45) is 5.10 Å². The standard InChI is InChI=1S/C21H19N3O3/c1-13(15-8-5-9-18(10-15)22-14(2)25)23-24-21(27)19-11-16-6-3-4-7-17(16)12-20(19)26/h3-12,26H,1-2H3,(H,22,25)(H,24,27)/b23-13-. The highest BCUT2D eigenvalue weighted by Gasteiger charge is 2.12. The zero-order valence-electron chi connectivity index (χ0n) is 15.0. The number of hydrogen-bond acceptors (Lipinski definition) is 4. The van der Waals surface area contributed by atoms with Crippen molar-refractivity contribution < 1.29 is 14.7 Å². The Balaban J connectivity index is 1.80. The largest absolute Gasteiger partial charge is 0.507 e. The molecule has 0 saturated heterocycles. The van der Waals surface area contributed by atoms with Crippen LogP contribution in [-0.4, -0.2) is 22.6 Å². The Hall–Kier alpha value is -3.67. The van der Waals surface area contributed by atoms with Crippen LogP contribution in [0.25, 0.3) is 10.8 Å². The van der Waals surface area contributed by atoms with E-state index < -0.39 is 5.91 Å². The van der Waals surface area contributed by atoms with Crippen molar-refractivity contribution in [3.8, 4) is 5.75 Å². The predicted molar refractivity (Wildman–Crippen MR) is 106 cm³/mol. The molecule has 0 unspecified atom stereocenters. The van der Waals surface area contributed by atoms with Gasteiger partial charge in [0.05, 0.1) is 11.3 Å². The summed E-state index contributed by atoms with van der Waals surface area (Å²) in [6, 6.07) is 17.8. The van der Waals surface area contributed by atoms with Crippen molar-refractivity contribution in [3.63, 3.8) is 0 Å². The number of amides is 2. The zero-order chi connectivity index (χ0) is 19.4. The Kier molecular flexibility index (Phi) is 5.17. The topological polar surface area (TPSA) is 90.8 Å². The van der Waals surface area contributed by atoms with Crippen LogP contribution >= 0.6 is 0 Å². The fraction of sp³-hybridized carbons (Fsp3) is 0.0952. The van der Waals surface area contributed by atoms with Crippen LogP contribution in [0.1, 0.15) is 29.8 Å². The second-order valence-corrected chi connectivity index (χ2v) is 6.12. The number of hydrazone groups is 1. The van der Waals surface area contributed by atoms with Crippen LogP contribution in [0.15, 0.2) is 65.8 Å². The molecule has 6 nitrogen and oxygen atoms in total. The lowest BCUT2D eigenvalue weighted by Crippen LogP contribution is -2.19. The molecule has 0 bridgehead atoms. The van der Waals surface area contributed by atoms with E-state index in [1.807, 2.05) is 30.3 Å². The third kappa shape index (κ3) is 4.30. The fourth-order valence-electron chi connectivity index (χ4n) is 2.69. The third-order valence-electron chi connectivity index (χ3n) is 4.03. The van der Waals surface area contributed by atoms with Crippen LogP contribution in [0.2, 0.25) is 0 Å². The molecule has 0 saturated carbocycles. The minimum atomic E-state index is -0.504. The molecule has 0 radical (unpaired) electrons. The number of anilines is 1. The van der Waals surface area contributed by atoms with Crippen LogP contribution in [0, 0.1) is 0 Å². The number of rotatable bonds is 4. The minimum Gasteiger partial charge on any atom is -0.507 e. The van der Waals surface area contributed by atoms with E-state index >= 15 is 0 Å². The van der Waals surface area contributed by atoms with E-state index in [1.54, 1.807) is 37.3 Å². The van der Waals surface area contributed by atoms with Gasteiger partial charge in [0, 0.05) is 12.6 Å². The highest BCUT2D eigenvalue weighted by Crippen LogP contribution is 2.24. The van der Waals surface area contributed by atoms with Crippen LogP contribution in [-0.2, 0) is 4.79 Å². The maximum absolute atomic E-state index is 12.4. The van der Waals surface area contributed by atoms with Gasteiger partial charge in [-0.25, -0.2) is 5.43 Å². The molecule has 0 spiro atoms. The van der Waals surface area contributed by atoms with Crippen molar-refractivity contribution in [2.45, 2.75) is 13.8 Å². The van der Waals surface area contributed by atoms with Gasteiger partial charge in [-0.15, -0.1) is 0 Å². The van der Waals surface area contributed by atoms with E-state index in [2.05, 4.69) is 15.8 Å². The average molecular weight is 361 g/mol. The van der Waals surface area contributed by atoms with Gasteiger partial charge in [0.15, 0.2) is 0 Å². The summed E-state index contributed by atoms with van der Waals surface area (Å²) < 4.78 is 0. The lowest BCUT2D eigenvalue weighted by molar-refractivity contribution is -0.114. The Morgan fingerprint density at radius 2 is 1.63 bits per heavy atom. The van der Waals surface area contributed by atoms with Gasteiger partial charge in [-0.2, -0.15) is 5.10 Å². The molecule has 6 heteroatoms. The van der Waals surface area contributed by atoms with Gasteiger partial charge in [-0.05, 0) is 47.5 Å². The van der Waals surface area contributed by atoms with Crippen molar-refractivity contribution in [3.05, 3.63) is 71.8 Å². The summed E-state index contributed by atoms with van der Waals surface area (Å²) >= 11 is 0. The Bertz CT molecular complexity index is 1060. The second-order valence-electron chi connectivity index (χ2n) is 6.12. The molecular weight excluding hydrogens is 342 g/mol. The van der Waals surface area contributed by atoms with Gasteiger partial charge in [0.2, 0.25) is 5.91 Å². The average Bonchev–Trinajstić information content (AvgIpc) is 2.65. The summed E-state index contributed by atoms with van der Waals surface area (Å²) in [5, 5.41) is 18.6. The third-order valence-corrected chi connectivity index (χ3v) is 4.03. The van der Waals surface area contributed by atoms with E-state index in [0.29, 0.717) is 11.4 Å². The van der Waals surface area contributed by atoms with Crippen LogP contribution in [0.4, 0.5) is 5.69 Å². The first-order valence-electron chi connectivity index (χ1n) is 8.38. The summed E-state index contributed by atoms with van der Waals surface area (Å²) in [5.74, 6) is -0.774. The molecule has 2 amide bonds. The van der Waals surface area contributed by atoms with Crippen molar-refractivity contribution in [1.82, 2.24) is 5.43 Å². The van der Waals surface area contributed by atoms with E-state index in [4.69, 9.17) is 0 Å². The number of benzene rings is 3. The van der Waals surface area contributed by atoms with Gasteiger partial charge < -0.3 is 10.4 Å². The number of nitrogens with one attached hydrogen (secondary N) is 2.